The second-order valence-corrected chi connectivity index (χ2v) is 5.64. The average molecular weight is 374 g/mol. The lowest BCUT2D eigenvalue weighted by Gasteiger charge is -2.13. The van der Waals surface area contributed by atoms with E-state index in [1.807, 2.05) is 0 Å². The second-order valence-electron chi connectivity index (χ2n) is 5.64. The Morgan fingerprint density at radius 1 is 1.04 bits per heavy atom. The predicted molar refractivity (Wildman–Crippen MR) is 89.9 cm³/mol. The van der Waals surface area contributed by atoms with E-state index in [0.717, 1.165) is 38.2 Å². The molecule has 0 aliphatic rings. The number of benzene rings is 1. The van der Waals surface area contributed by atoms with Crippen molar-refractivity contribution < 1.29 is 37.7 Å². The first-order valence-electron chi connectivity index (χ1n) is 8.45. The number of carboxylic acid groups (broad SMARTS) is 1. The monoisotopic (exact) mass is 374 g/mol. The van der Waals surface area contributed by atoms with Crippen molar-refractivity contribution in [1.29, 1.82) is 0 Å². The fraction of sp³-hybridized carbons (Fsp3) is 0.556. The highest BCUT2D eigenvalue weighted by molar-refractivity contribution is 5.88. The fourth-order valence-electron chi connectivity index (χ4n) is 2.31. The van der Waals surface area contributed by atoms with Gasteiger partial charge in [-0.1, -0.05) is 25.7 Å². The molecule has 0 spiro atoms. The molecule has 0 heterocycles. The Hall–Kier alpha value is -2.38. The van der Waals surface area contributed by atoms with Gasteiger partial charge >= 0.3 is 18.6 Å². The molecular weight excluding hydrogens is 350 g/mol. The molecule has 0 unspecified atom stereocenters. The Labute approximate surface area is 151 Å². The van der Waals surface area contributed by atoms with Gasteiger partial charge in [-0.3, -0.25) is 4.79 Å². The van der Waals surface area contributed by atoms with Gasteiger partial charge in [-0.15, -0.1) is 0 Å². The van der Waals surface area contributed by atoms with Crippen molar-refractivity contribution in [3.8, 4) is 11.5 Å². The minimum atomic E-state index is -3.02. The average Bonchev–Trinajstić information content (AvgIpc) is 2.60. The number of hydrogen-bond donors (Lipinski definition) is 1. The van der Waals surface area contributed by atoms with Crippen LogP contribution in [0.15, 0.2) is 18.2 Å². The summed E-state index contributed by atoms with van der Waals surface area (Å²) in [6, 6.07) is 3.51. The van der Waals surface area contributed by atoms with Gasteiger partial charge in [0, 0.05) is 6.42 Å². The summed E-state index contributed by atoms with van der Waals surface area (Å²) in [7, 11) is 1.37. The molecule has 1 rings (SSSR count). The molecule has 0 fully saturated rings. The Morgan fingerprint density at radius 2 is 1.69 bits per heavy atom. The van der Waals surface area contributed by atoms with Gasteiger partial charge in [0.15, 0.2) is 11.5 Å². The molecule has 0 aromatic heterocycles. The van der Waals surface area contributed by atoms with Crippen molar-refractivity contribution in [2.45, 2.75) is 51.6 Å². The van der Waals surface area contributed by atoms with Crippen molar-refractivity contribution in [2.24, 2.45) is 0 Å². The lowest BCUT2D eigenvalue weighted by molar-refractivity contribution is -0.140. The number of hydrogen-bond acceptors (Lipinski definition) is 5. The van der Waals surface area contributed by atoms with Gasteiger partial charge < -0.3 is 19.3 Å². The van der Waals surface area contributed by atoms with E-state index >= 15 is 0 Å². The van der Waals surface area contributed by atoms with Crippen LogP contribution in [0.5, 0.6) is 11.5 Å². The van der Waals surface area contributed by atoms with E-state index < -0.39 is 12.6 Å². The number of rotatable bonds is 13. The third-order valence-electron chi connectivity index (χ3n) is 3.67. The largest absolute Gasteiger partial charge is 0.490 e. The van der Waals surface area contributed by atoms with Gasteiger partial charge in [0.25, 0.3) is 0 Å². The molecule has 1 aromatic rings. The van der Waals surface area contributed by atoms with Crippen molar-refractivity contribution in [1.82, 2.24) is 0 Å². The quantitative estimate of drug-likeness (QED) is 0.410. The first-order valence-corrected chi connectivity index (χ1v) is 8.45. The lowest BCUT2D eigenvalue weighted by Crippen LogP contribution is -2.07. The minimum Gasteiger partial charge on any atom is -0.490 e. The molecule has 1 N–H and O–H groups in total. The highest BCUT2D eigenvalue weighted by Crippen LogP contribution is 2.30. The number of carboxylic acids is 1. The molecule has 8 heteroatoms. The molecule has 26 heavy (non-hydrogen) atoms. The molecule has 0 saturated heterocycles. The molecule has 0 saturated carbocycles. The minimum absolute atomic E-state index is 0.0109. The molecule has 0 radical (unpaired) electrons. The lowest BCUT2D eigenvalue weighted by atomic mass is 10.1. The van der Waals surface area contributed by atoms with Gasteiger partial charge in [0.1, 0.15) is 0 Å². The van der Waals surface area contributed by atoms with Crippen molar-refractivity contribution in [3.63, 3.8) is 0 Å². The van der Waals surface area contributed by atoms with Crippen LogP contribution in [0.3, 0.4) is 0 Å². The van der Waals surface area contributed by atoms with E-state index in [-0.39, 0.29) is 29.6 Å². The van der Waals surface area contributed by atoms with Gasteiger partial charge in [0.05, 0.1) is 19.3 Å². The van der Waals surface area contributed by atoms with Crippen LogP contribution in [0.2, 0.25) is 0 Å². The summed E-state index contributed by atoms with van der Waals surface area (Å²) in [5, 5.41) is 8.97. The van der Waals surface area contributed by atoms with E-state index in [1.165, 1.54) is 19.2 Å². The zero-order chi connectivity index (χ0) is 19.4. The summed E-state index contributed by atoms with van der Waals surface area (Å²) in [6.07, 6.45) is 5.66. The molecule has 0 aliphatic carbocycles. The van der Waals surface area contributed by atoms with Crippen LogP contribution in [-0.4, -0.2) is 37.4 Å². The summed E-state index contributed by atoms with van der Waals surface area (Å²) < 4.78 is 39.1. The van der Waals surface area contributed by atoms with Crippen molar-refractivity contribution in [2.75, 3.05) is 13.7 Å². The molecule has 0 amide bonds. The topological polar surface area (TPSA) is 82.1 Å². The second kappa shape index (κ2) is 12.1. The summed E-state index contributed by atoms with van der Waals surface area (Å²) in [5.41, 5.74) is -0.0628. The smallest absolute Gasteiger partial charge is 0.387 e. The van der Waals surface area contributed by atoms with E-state index in [9.17, 15) is 18.4 Å². The van der Waals surface area contributed by atoms with Gasteiger partial charge in [-0.05, 0) is 31.0 Å². The summed E-state index contributed by atoms with van der Waals surface area (Å²) in [4.78, 5) is 21.9. The number of carbonyl (C=O) groups excluding carboxylic acids is 1. The van der Waals surface area contributed by atoms with Gasteiger partial charge in [0.2, 0.25) is 0 Å². The SMILES string of the molecule is COC(=O)CCCCCCCCOc1cc(C(=O)O)ccc1OC(F)F. The maximum Gasteiger partial charge on any atom is 0.387 e. The van der Waals surface area contributed by atoms with Crippen LogP contribution in [0.4, 0.5) is 8.78 Å². The zero-order valence-electron chi connectivity index (χ0n) is 14.7. The summed E-state index contributed by atoms with van der Waals surface area (Å²) in [6.45, 7) is -2.75. The van der Waals surface area contributed by atoms with Gasteiger partial charge in [-0.2, -0.15) is 8.78 Å². The van der Waals surface area contributed by atoms with Crippen LogP contribution >= 0.6 is 0 Å². The molecule has 1 aromatic carbocycles. The maximum absolute atomic E-state index is 12.4. The van der Waals surface area contributed by atoms with Crippen molar-refractivity contribution in [3.05, 3.63) is 23.8 Å². The Kier molecular flexibility index (Phi) is 10.0. The van der Waals surface area contributed by atoms with E-state index in [0.29, 0.717) is 12.8 Å². The first kappa shape index (κ1) is 21.7. The number of halogens is 2. The molecular formula is C18H24F2O6. The predicted octanol–water partition coefficient (Wildman–Crippen LogP) is 4.27. The summed E-state index contributed by atoms with van der Waals surface area (Å²) >= 11 is 0. The van der Waals surface area contributed by atoms with Crippen LogP contribution < -0.4 is 9.47 Å². The Bertz CT molecular complexity index is 577. The number of unbranched alkanes of at least 4 members (excludes halogenated alkanes) is 5. The zero-order valence-corrected chi connectivity index (χ0v) is 14.7. The van der Waals surface area contributed by atoms with Crippen LogP contribution in [0.25, 0.3) is 0 Å². The third kappa shape index (κ3) is 8.64. The molecule has 0 atom stereocenters. The number of methoxy groups -OCH3 is 1. The van der Waals surface area contributed by atoms with Crippen LogP contribution in [-0.2, 0) is 9.53 Å². The molecule has 6 nitrogen and oxygen atoms in total. The Morgan fingerprint density at radius 3 is 2.31 bits per heavy atom. The number of aromatic carboxylic acids is 1. The third-order valence-corrected chi connectivity index (χ3v) is 3.67. The van der Waals surface area contributed by atoms with Gasteiger partial charge in [-0.25, -0.2) is 4.79 Å². The highest BCUT2D eigenvalue weighted by atomic mass is 19.3. The van der Waals surface area contributed by atoms with E-state index in [1.54, 1.807) is 0 Å². The standard InChI is InChI=1S/C18H24F2O6/c1-24-16(21)8-6-4-2-3-5-7-11-25-15-12-13(17(22)23)9-10-14(15)26-18(19)20/h9-10,12,18H,2-8,11H2,1H3,(H,22,23). The molecule has 146 valence electrons. The first-order chi connectivity index (χ1) is 12.4. The van der Waals surface area contributed by atoms with Crippen LogP contribution in [0.1, 0.15) is 55.3 Å². The maximum atomic E-state index is 12.4. The summed E-state index contributed by atoms with van der Waals surface area (Å²) in [5.74, 6) is -1.58. The highest BCUT2D eigenvalue weighted by Gasteiger charge is 2.14. The fourth-order valence-corrected chi connectivity index (χ4v) is 2.31. The molecule has 0 bridgehead atoms. The number of esters is 1. The number of alkyl halides is 2. The number of carbonyl (C=O) groups is 2. The van der Waals surface area contributed by atoms with Crippen LogP contribution in [0, 0.1) is 0 Å². The normalized spacial score (nSPS) is 10.6. The Balaban J connectivity index is 2.31. The van der Waals surface area contributed by atoms with Crippen molar-refractivity contribution >= 4 is 11.9 Å². The van der Waals surface area contributed by atoms with E-state index in [2.05, 4.69) is 9.47 Å². The number of ether oxygens (including phenoxy) is 3. The van der Waals surface area contributed by atoms with E-state index in [4.69, 9.17) is 9.84 Å². The molecule has 0 aliphatic heterocycles.